The summed E-state index contributed by atoms with van der Waals surface area (Å²) in [7, 11) is 0. The van der Waals surface area contributed by atoms with Crippen molar-refractivity contribution >= 4 is 17.8 Å². The Balaban J connectivity index is 1.53. The summed E-state index contributed by atoms with van der Waals surface area (Å²) >= 11 is 0. The summed E-state index contributed by atoms with van der Waals surface area (Å²) in [5.41, 5.74) is 3.52. The van der Waals surface area contributed by atoms with Crippen molar-refractivity contribution in [3.63, 3.8) is 0 Å². The molecular formula is C23H16N2O4. The predicted molar refractivity (Wildman–Crippen MR) is 109 cm³/mol. The molecule has 0 saturated heterocycles. The number of rotatable bonds is 5. The van der Waals surface area contributed by atoms with Crippen molar-refractivity contribution in [2.45, 2.75) is 0 Å². The first-order chi connectivity index (χ1) is 14.2. The highest BCUT2D eigenvalue weighted by Crippen LogP contribution is 2.30. The molecule has 6 heteroatoms. The lowest BCUT2D eigenvalue weighted by Crippen LogP contribution is -2.06. The molecule has 3 aromatic rings. The number of benzene rings is 2. The van der Waals surface area contributed by atoms with Gasteiger partial charge in [-0.15, -0.1) is 0 Å². The average Bonchev–Trinajstić information content (AvgIpc) is 3.32. The lowest BCUT2D eigenvalue weighted by atomic mass is 10.0. The Kier molecular flexibility index (Phi) is 5.16. The van der Waals surface area contributed by atoms with Gasteiger partial charge in [0.1, 0.15) is 11.4 Å². The summed E-state index contributed by atoms with van der Waals surface area (Å²) in [6.07, 6.45) is 8.46. The minimum atomic E-state index is -0.500. The number of aromatic hydroxyl groups is 1. The summed E-state index contributed by atoms with van der Waals surface area (Å²) < 4.78 is 4.91. The Bertz CT molecular complexity index is 1140. The molecule has 0 radical (unpaired) electrons. The summed E-state index contributed by atoms with van der Waals surface area (Å²) in [5, 5.41) is 17.7. The first-order valence-electron chi connectivity index (χ1n) is 8.88. The van der Waals surface area contributed by atoms with Crippen molar-refractivity contribution in [2.24, 2.45) is 5.16 Å². The molecule has 2 heterocycles. The van der Waals surface area contributed by atoms with E-state index in [0.717, 1.165) is 11.1 Å². The quantitative estimate of drug-likeness (QED) is 0.398. The van der Waals surface area contributed by atoms with Crippen LogP contribution in [0.1, 0.15) is 11.1 Å². The third kappa shape index (κ3) is 3.91. The maximum absolute atomic E-state index is 11.9. The van der Waals surface area contributed by atoms with Crippen LogP contribution >= 0.6 is 0 Å². The lowest BCUT2D eigenvalue weighted by molar-refractivity contribution is -0.136. The Hall–Kier alpha value is -4.19. The number of carbonyl (C=O) groups is 1. The van der Waals surface area contributed by atoms with E-state index in [9.17, 15) is 9.90 Å². The van der Waals surface area contributed by atoms with Gasteiger partial charge in [0.2, 0.25) is 0 Å². The van der Waals surface area contributed by atoms with Crippen molar-refractivity contribution in [1.29, 1.82) is 0 Å². The van der Waals surface area contributed by atoms with E-state index in [1.807, 2.05) is 60.7 Å². The zero-order valence-electron chi connectivity index (χ0n) is 15.2. The van der Waals surface area contributed by atoms with Crippen molar-refractivity contribution in [1.82, 2.24) is 5.16 Å². The molecule has 142 valence electrons. The smallest absolute Gasteiger partial charge is 0.368 e. The van der Waals surface area contributed by atoms with Crippen LogP contribution in [0.25, 0.3) is 17.3 Å². The first kappa shape index (κ1) is 18.2. The third-order valence-electron chi connectivity index (χ3n) is 4.25. The monoisotopic (exact) mass is 384 g/mol. The molecule has 0 bridgehead atoms. The summed E-state index contributed by atoms with van der Waals surface area (Å²) in [5.74, 6) is -0.759. The lowest BCUT2D eigenvalue weighted by Gasteiger charge is -1.98. The second-order valence-corrected chi connectivity index (χ2v) is 6.13. The van der Waals surface area contributed by atoms with E-state index < -0.39 is 5.97 Å². The molecule has 1 aromatic heterocycles. The molecule has 29 heavy (non-hydrogen) atoms. The van der Waals surface area contributed by atoms with Gasteiger partial charge >= 0.3 is 11.9 Å². The summed E-state index contributed by atoms with van der Waals surface area (Å²) in [6.45, 7) is 0. The highest BCUT2D eigenvalue weighted by Gasteiger charge is 2.25. The van der Waals surface area contributed by atoms with Crippen molar-refractivity contribution in [3.05, 3.63) is 102 Å². The molecule has 4 rings (SSSR count). The molecule has 1 aliphatic heterocycles. The van der Waals surface area contributed by atoms with Crippen LogP contribution in [0.15, 0.2) is 100 Å². The van der Waals surface area contributed by atoms with Crippen LogP contribution in [0.3, 0.4) is 0 Å². The van der Waals surface area contributed by atoms with Crippen molar-refractivity contribution in [2.75, 3.05) is 0 Å². The number of nitrogens with zero attached hydrogens (tertiary/aromatic N) is 2. The Morgan fingerprint density at radius 3 is 2.28 bits per heavy atom. The number of hydrogen-bond donors (Lipinski definition) is 1. The van der Waals surface area contributed by atoms with E-state index in [1.54, 1.807) is 30.4 Å². The fraction of sp³-hybridized carbons (Fsp3) is 0. The second-order valence-electron chi connectivity index (χ2n) is 6.13. The van der Waals surface area contributed by atoms with Gasteiger partial charge in [0.25, 0.3) is 0 Å². The molecule has 6 nitrogen and oxygen atoms in total. The number of hydrogen-bond acceptors (Lipinski definition) is 6. The predicted octanol–water partition coefficient (Wildman–Crippen LogP) is 4.50. The summed E-state index contributed by atoms with van der Waals surface area (Å²) in [4.78, 5) is 16.7. The van der Waals surface area contributed by atoms with Gasteiger partial charge in [-0.05, 0) is 12.2 Å². The van der Waals surface area contributed by atoms with Crippen LogP contribution in [-0.2, 0) is 9.63 Å². The SMILES string of the molecule is O=C1ON=C(c2ccccc2)/C1=C/C=CC=Cc1c(-c2ccccc2)noc1O. The number of oxime groups is 1. The Morgan fingerprint density at radius 2 is 1.55 bits per heavy atom. The van der Waals surface area contributed by atoms with Crippen LogP contribution in [0.2, 0.25) is 0 Å². The van der Waals surface area contributed by atoms with Crippen LogP contribution in [-0.4, -0.2) is 21.9 Å². The highest BCUT2D eigenvalue weighted by molar-refractivity contribution is 6.28. The molecule has 0 unspecified atom stereocenters. The Labute approximate surface area is 166 Å². The van der Waals surface area contributed by atoms with Crippen LogP contribution in [0, 0.1) is 0 Å². The zero-order valence-corrected chi connectivity index (χ0v) is 15.2. The van der Waals surface area contributed by atoms with E-state index in [0.29, 0.717) is 22.5 Å². The second kappa shape index (κ2) is 8.22. The molecule has 1 N–H and O–H groups in total. The standard InChI is InChI=1S/C23H16N2O4/c26-22-18(20(24-28-22)16-10-4-1-5-11-16)14-8-3-9-15-19-21(25-29-23(19)27)17-12-6-2-7-13-17/h1-15,26H/b9-3?,14-8?,19-15-. The van der Waals surface area contributed by atoms with E-state index in [4.69, 9.17) is 9.36 Å². The van der Waals surface area contributed by atoms with Gasteiger partial charge in [-0.3, -0.25) is 0 Å². The molecule has 0 atom stereocenters. The highest BCUT2D eigenvalue weighted by atomic mass is 16.7. The minimum Gasteiger partial charge on any atom is -0.479 e. The van der Waals surface area contributed by atoms with Crippen LogP contribution in [0.5, 0.6) is 5.95 Å². The number of carbonyl (C=O) groups excluding carboxylic acids is 1. The van der Waals surface area contributed by atoms with Gasteiger partial charge in [-0.25, -0.2) is 4.79 Å². The van der Waals surface area contributed by atoms with E-state index >= 15 is 0 Å². The fourth-order valence-corrected chi connectivity index (χ4v) is 2.84. The van der Waals surface area contributed by atoms with Crippen LogP contribution in [0.4, 0.5) is 0 Å². The topological polar surface area (TPSA) is 84.9 Å². The molecule has 2 aromatic carbocycles. The van der Waals surface area contributed by atoms with Gasteiger partial charge in [0, 0.05) is 11.1 Å². The van der Waals surface area contributed by atoms with Gasteiger partial charge in [-0.1, -0.05) is 89.2 Å². The molecule has 1 aliphatic rings. The normalized spacial score (nSPS) is 15.4. The summed E-state index contributed by atoms with van der Waals surface area (Å²) in [6, 6.07) is 18.8. The van der Waals surface area contributed by atoms with Crippen LogP contribution < -0.4 is 0 Å². The van der Waals surface area contributed by atoms with Gasteiger partial charge in [0.15, 0.2) is 0 Å². The molecule has 0 spiro atoms. The maximum Gasteiger partial charge on any atom is 0.368 e. The molecular weight excluding hydrogens is 368 g/mol. The fourth-order valence-electron chi connectivity index (χ4n) is 2.84. The minimum absolute atomic E-state index is 0.260. The van der Waals surface area contributed by atoms with Crippen molar-refractivity contribution < 1.29 is 19.3 Å². The number of allylic oxidation sites excluding steroid dienone is 4. The first-order valence-corrected chi connectivity index (χ1v) is 8.88. The van der Waals surface area contributed by atoms with Gasteiger partial charge < -0.3 is 14.5 Å². The number of aromatic nitrogens is 1. The van der Waals surface area contributed by atoms with E-state index in [1.165, 1.54) is 0 Å². The van der Waals surface area contributed by atoms with E-state index in [-0.39, 0.29) is 5.95 Å². The average molecular weight is 384 g/mol. The van der Waals surface area contributed by atoms with Gasteiger partial charge in [0.05, 0.1) is 11.1 Å². The molecule has 0 aliphatic carbocycles. The maximum atomic E-state index is 11.9. The van der Waals surface area contributed by atoms with Gasteiger partial charge in [-0.2, -0.15) is 0 Å². The third-order valence-corrected chi connectivity index (χ3v) is 4.25. The van der Waals surface area contributed by atoms with Crippen molar-refractivity contribution in [3.8, 4) is 17.2 Å². The molecule has 0 amide bonds. The zero-order chi connectivity index (χ0) is 20.1. The largest absolute Gasteiger partial charge is 0.479 e. The van der Waals surface area contributed by atoms with E-state index in [2.05, 4.69) is 10.3 Å². The Morgan fingerprint density at radius 1 is 0.862 bits per heavy atom. The molecule has 0 fully saturated rings. The molecule has 0 saturated carbocycles.